The summed E-state index contributed by atoms with van der Waals surface area (Å²) in [5, 5.41) is 0. The van der Waals surface area contributed by atoms with Crippen LogP contribution >= 0.6 is 0 Å². The molecule has 94 valence electrons. The van der Waals surface area contributed by atoms with E-state index in [9.17, 15) is 9.18 Å². The number of esters is 1. The molecule has 0 atom stereocenters. The van der Waals surface area contributed by atoms with Gasteiger partial charge in [0.25, 0.3) is 0 Å². The van der Waals surface area contributed by atoms with Gasteiger partial charge in [0.2, 0.25) is 0 Å². The van der Waals surface area contributed by atoms with Gasteiger partial charge in [-0.3, -0.25) is 4.79 Å². The molecule has 5 heteroatoms. The van der Waals surface area contributed by atoms with Crippen LogP contribution < -0.4 is 5.73 Å². The topological polar surface area (TPSA) is 65.2 Å². The number of halogens is 1. The van der Waals surface area contributed by atoms with Crippen LogP contribution in [0.2, 0.25) is 0 Å². The number of nitrogen functional groups attached to an aromatic ring is 1. The standard InChI is InChI=1S/C12H17FN2O2/c1-2-3-8-17-11(16)5-4-9-10(13)6-7-15-12(9)14/h6-7H,2-5,8H2,1H3,(H2,14,15). The van der Waals surface area contributed by atoms with E-state index in [4.69, 9.17) is 10.5 Å². The number of aromatic nitrogens is 1. The van der Waals surface area contributed by atoms with E-state index in [1.807, 2.05) is 6.92 Å². The lowest BCUT2D eigenvalue weighted by Gasteiger charge is -2.06. The number of anilines is 1. The van der Waals surface area contributed by atoms with E-state index >= 15 is 0 Å². The highest BCUT2D eigenvalue weighted by molar-refractivity contribution is 5.70. The molecule has 0 saturated carbocycles. The second kappa shape index (κ2) is 6.83. The number of pyridine rings is 1. The third kappa shape index (κ3) is 4.38. The van der Waals surface area contributed by atoms with Crippen molar-refractivity contribution in [2.24, 2.45) is 0 Å². The van der Waals surface area contributed by atoms with E-state index < -0.39 is 5.82 Å². The van der Waals surface area contributed by atoms with Crippen LogP contribution in [0.3, 0.4) is 0 Å². The zero-order chi connectivity index (χ0) is 12.7. The number of nitrogens with zero attached hydrogens (tertiary/aromatic N) is 1. The average Bonchev–Trinajstić information content (AvgIpc) is 2.29. The number of unbranched alkanes of at least 4 members (excludes halogenated alkanes) is 1. The first-order valence-electron chi connectivity index (χ1n) is 5.69. The van der Waals surface area contributed by atoms with Crippen LogP contribution in [0, 0.1) is 5.82 Å². The molecule has 0 aromatic carbocycles. The molecule has 1 aromatic heterocycles. The molecular weight excluding hydrogens is 223 g/mol. The van der Waals surface area contributed by atoms with Crippen LogP contribution in [0.25, 0.3) is 0 Å². The Morgan fingerprint density at radius 3 is 3.00 bits per heavy atom. The normalized spacial score (nSPS) is 10.2. The van der Waals surface area contributed by atoms with Gasteiger partial charge in [-0.2, -0.15) is 0 Å². The van der Waals surface area contributed by atoms with Crippen LogP contribution in [-0.2, 0) is 16.0 Å². The number of nitrogens with two attached hydrogens (primary N) is 1. The fourth-order valence-electron chi connectivity index (χ4n) is 1.36. The Hall–Kier alpha value is -1.65. The Morgan fingerprint density at radius 2 is 2.35 bits per heavy atom. The first-order chi connectivity index (χ1) is 8.15. The van der Waals surface area contributed by atoms with Crippen LogP contribution in [-0.4, -0.2) is 17.6 Å². The molecule has 0 bridgehead atoms. The van der Waals surface area contributed by atoms with Crippen molar-refractivity contribution in [3.63, 3.8) is 0 Å². The monoisotopic (exact) mass is 240 g/mol. The molecule has 0 aliphatic rings. The van der Waals surface area contributed by atoms with Crippen LogP contribution in [0.5, 0.6) is 0 Å². The lowest BCUT2D eigenvalue weighted by Crippen LogP contribution is -2.09. The minimum Gasteiger partial charge on any atom is -0.466 e. The van der Waals surface area contributed by atoms with Gasteiger partial charge in [-0.05, 0) is 18.9 Å². The largest absolute Gasteiger partial charge is 0.466 e. The highest BCUT2D eigenvalue weighted by atomic mass is 19.1. The van der Waals surface area contributed by atoms with E-state index in [-0.39, 0.29) is 30.2 Å². The predicted octanol–water partition coefficient (Wildman–Crippen LogP) is 2.08. The maximum Gasteiger partial charge on any atom is 0.306 e. The molecule has 0 spiro atoms. The molecule has 17 heavy (non-hydrogen) atoms. The van der Waals surface area contributed by atoms with Crippen molar-refractivity contribution < 1.29 is 13.9 Å². The zero-order valence-corrected chi connectivity index (χ0v) is 9.91. The summed E-state index contributed by atoms with van der Waals surface area (Å²) in [5.41, 5.74) is 5.80. The summed E-state index contributed by atoms with van der Waals surface area (Å²) in [6.45, 7) is 2.43. The molecule has 0 aliphatic heterocycles. The lowest BCUT2D eigenvalue weighted by atomic mass is 10.1. The van der Waals surface area contributed by atoms with E-state index in [0.717, 1.165) is 12.8 Å². The van der Waals surface area contributed by atoms with Crippen LogP contribution in [0.1, 0.15) is 31.7 Å². The Labute approximate surface area is 100.0 Å². The zero-order valence-electron chi connectivity index (χ0n) is 9.91. The van der Waals surface area contributed by atoms with E-state index in [0.29, 0.717) is 6.61 Å². The smallest absolute Gasteiger partial charge is 0.306 e. The molecule has 0 radical (unpaired) electrons. The molecule has 0 aliphatic carbocycles. The van der Waals surface area contributed by atoms with Crippen molar-refractivity contribution in [1.82, 2.24) is 4.98 Å². The molecule has 1 rings (SSSR count). The van der Waals surface area contributed by atoms with Crippen LogP contribution in [0.15, 0.2) is 12.3 Å². The third-order valence-corrected chi connectivity index (χ3v) is 2.37. The fraction of sp³-hybridized carbons (Fsp3) is 0.500. The molecule has 2 N–H and O–H groups in total. The number of hydrogen-bond donors (Lipinski definition) is 1. The summed E-state index contributed by atoms with van der Waals surface area (Å²) in [4.78, 5) is 15.1. The number of ether oxygens (including phenoxy) is 1. The first kappa shape index (κ1) is 13.4. The van der Waals surface area contributed by atoms with Gasteiger partial charge in [-0.1, -0.05) is 13.3 Å². The number of carbonyl (C=O) groups is 1. The molecule has 0 unspecified atom stereocenters. The van der Waals surface area contributed by atoms with Crippen molar-refractivity contribution >= 4 is 11.8 Å². The summed E-state index contributed by atoms with van der Waals surface area (Å²) < 4.78 is 18.3. The maximum atomic E-state index is 13.3. The molecule has 1 aromatic rings. The van der Waals surface area contributed by atoms with Crippen molar-refractivity contribution in [3.8, 4) is 0 Å². The first-order valence-corrected chi connectivity index (χ1v) is 5.69. The second-order valence-electron chi connectivity index (χ2n) is 3.73. The third-order valence-electron chi connectivity index (χ3n) is 2.37. The summed E-state index contributed by atoms with van der Waals surface area (Å²) in [6.07, 6.45) is 3.45. The van der Waals surface area contributed by atoms with Gasteiger partial charge >= 0.3 is 5.97 Å². The minimum absolute atomic E-state index is 0.122. The van der Waals surface area contributed by atoms with Crippen molar-refractivity contribution in [3.05, 3.63) is 23.6 Å². The molecular formula is C12H17FN2O2. The van der Waals surface area contributed by atoms with E-state index in [1.165, 1.54) is 12.3 Å². The van der Waals surface area contributed by atoms with Gasteiger partial charge in [0.1, 0.15) is 11.6 Å². The average molecular weight is 240 g/mol. The van der Waals surface area contributed by atoms with Gasteiger partial charge in [-0.15, -0.1) is 0 Å². The number of hydrogen-bond acceptors (Lipinski definition) is 4. The Morgan fingerprint density at radius 1 is 1.59 bits per heavy atom. The second-order valence-corrected chi connectivity index (χ2v) is 3.73. The highest BCUT2D eigenvalue weighted by Gasteiger charge is 2.10. The summed E-state index contributed by atoms with van der Waals surface area (Å²) in [5.74, 6) is -0.633. The molecule has 0 amide bonds. The number of rotatable bonds is 6. The highest BCUT2D eigenvalue weighted by Crippen LogP contribution is 2.15. The van der Waals surface area contributed by atoms with Gasteiger partial charge in [0.05, 0.1) is 6.61 Å². The van der Waals surface area contributed by atoms with Gasteiger partial charge in [-0.25, -0.2) is 9.37 Å². The summed E-state index contributed by atoms with van der Waals surface area (Å²) in [7, 11) is 0. The van der Waals surface area contributed by atoms with Crippen molar-refractivity contribution in [2.45, 2.75) is 32.6 Å². The van der Waals surface area contributed by atoms with Gasteiger partial charge in [0, 0.05) is 18.2 Å². The number of carbonyl (C=O) groups excluding carboxylic acids is 1. The SMILES string of the molecule is CCCCOC(=O)CCc1c(F)ccnc1N. The summed E-state index contributed by atoms with van der Waals surface area (Å²) in [6, 6.07) is 1.23. The fourth-order valence-corrected chi connectivity index (χ4v) is 1.36. The van der Waals surface area contributed by atoms with Crippen LogP contribution in [0.4, 0.5) is 10.2 Å². The summed E-state index contributed by atoms with van der Waals surface area (Å²) >= 11 is 0. The molecule has 1 heterocycles. The Balaban J connectivity index is 2.42. The van der Waals surface area contributed by atoms with E-state index in [2.05, 4.69) is 4.98 Å². The van der Waals surface area contributed by atoms with Gasteiger partial charge < -0.3 is 10.5 Å². The predicted molar refractivity (Wildman–Crippen MR) is 62.8 cm³/mol. The van der Waals surface area contributed by atoms with Crippen molar-refractivity contribution in [1.29, 1.82) is 0 Å². The maximum absolute atomic E-state index is 13.3. The van der Waals surface area contributed by atoms with Crippen molar-refractivity contribution in [2.75, 3.05) is 12.3 Å². The molecule has 0 saturated heterocycles. The minimum atomic E-state index is -0.432. The molecule has 0 fully saturated rings. The van der Waals surface area contributed by atoms with Gasteiger partial charge in [0.15, 0.2) is 0 Å². The Bertz CT molecular complexity index is 363. The van der Waals surface area contributed by atoms with E-state index in [1.54, 1.807) is 0 Å². The quantitative estimate of drug-likeness (QED) is 0.610. The lowest BCUT2D eigenvalue weighted by molar-refractivity contribution is -0.143. The molecule has 4 nitrogen and oxygen atoms in total. The Kier molecular flexibility index (Phi) is 5.39.